The number of hydrogen-bond acceptors (Lipinski definition) is 8. The van der Waals surface area contributed by atoms with E-state index in [2.05, 4.69) is 42.1 Å². The zero-order valence-electron chi connectivity index (χ0n) is 25.1. The van der Waals surface area contributed by atoms with Crippen molar-refractivity contribution in [2.45, 2.75) is 13.8 Å². The highest BCUT2D eigenvalue weighted by Crippen LogP contribution is 2.36. The van der Waals surface area contributed by atoms with Crippen LogP contribution in [-0.4, -0.2) is 36.7 Å². The Morgan fingerprint density at radius 3 is 2.43 bits per heavy atom. The molecule has 0 atom stereocenters. The topological polar surface area (TPSA) is 114 Å². The van der Waals surface area contributed by atoms with Crippen LogP contribution >= 0.6 is 38.9 Å². The Hall–Kier alpha value is -4.71. The predicted molar refractivity (Wildman–Crippen MR) is 188 cm³/mol. The molecule has 12 heteroatoms. The fourth-order valence-electron chi connectivity index (χ4n) is 4.25. The third-order valence-corrected chi connectivity index (χ3v) is 8.41. The number of ether oxygens (including phenoxy) is 2. The molecule has 0 saturated heterocycles. The molecule has 0 bridgehead atoms. The minimum atomic E-state index is -0.369. The molecule has 0 radical (unpaired) electrons. The Bertz CT molecular complexity index is 1900. The number of benzene rings is 4. The van der Waals surface area contributed by atoms with E-state index in [4.69, 9.17) is 21.1 Å². The highest BCUT2D eigenvalue weighted by atomic mass is 79.9. The first-order valence-corrected chi connectivity index (χ1v) is 16.0. The fraction of sp³-hybridized carbons (Fsp3) is 0.118. The van der Waals surface area contributed by atoms with Gasteiger partial charge in [-0.1, -0.05) is 29.8 Å². The first kappa shape index (κ1) is 32.7. The van der Waals surface area contributed by atoms with Crippen molar-refractivity contribution in [1.29, 1.82) is 0 Å². The first-order chi connectivity index (χ1) is 22.2. The number of thiazole rings is 1. The van der Waals surface area contributed by atoms with Crippen molar-refractivity contribution in [1.82, 2.24) is 10.4 Å². The molecule has 0 aliphatic rings. The van der Waals surface area contributed by atoms with E-state index >= 15 is 0 Å². The Balaban J connectivity index is 1.15. The van der Waals surface area contributed by atoms with Gasteiger partial charge >= 0.3 is 0 Å². The third-order valence-electron chi connectivity index (χ3n) is 6.81. The van der Waals surface area contributed by atoms with Gasteiger partial charge in [-0.25, -0.2) is 10.4 Å². The third kappa shape index (κ3) is 8.51. The molecule has 1 heterocycles. The molecule has 0 fully saturated rings. The molecule has 0 aliphatic heterocycles. The summed E-state index contributed by atoms with van der Waals surface area (Å²) in [7, 11) is 1.50. The molecule has 5 aromatic rings. The number of anilines is 3. The Morgan fingerprint density at radius 2 is 1.72 bits per heavy atom. The average molecular weight is 719 g/mol. The van der Waals surface area contributed by atoms with Gasteiger partial charge < -0.3 is 20.1 Å². The number of methoxy groups -OCH3 is 1. The summed E-state index contributed by atoms with van der Waals surface area (Å²) < 4.78 is 11.8. The molecule has 4 aromatic carbocycles. The zero-order chi connectivity index (χ0) is 32.6. The normalized spacial score (nSPS) is 10.9. The molecule has 0 aliphatic carbocycles. The highest BCUT2D eigenvalue weighted by molar-refractivity contribution is 9.10. The molecule has 3 N–H and O–H groups in total. The smallest absolute Gasteiger partial charge is 0.271 e. The second kappa shape index (κ2) is 15.0. The van der Waals surface area contributed by atoms with E-state index in [9.17, 15) is 9.59 Å². The van der Waals surface area contributed by atoms with E-state index in [1.165, 1.54) is 24.7 Å². The molecule has 0 saturated carbocycles. The van der Waals surface area contributed by atoms with Crippen LogP contribution in [-0.2, 0) is 4.79 Å². The number of hydrogen-bond donors (Lipinski definition) is 3. The van der Waals surface area contributed by atoms with Gasteiger partial charge in [0, 0.05) is 32.9 Å². The van der Waals surface area contributed by atoms with Crippen LogP contribution in [0.2, 0.25) is 5.02 Å². The summed E-state index contributed by atoms with van der Waals surface area (Å²) in [4.78, 5) is 29.8. The van der Waals surface area contributed by atoms with Crippen molar-refractivity contribution >= 4 is 73.4 Å². The number of aryl methyl sites for hydroxylation is 2. The van der Waals surface area contributed by atoms with Gasteiger partial charge in [0.05, 0.1) is 23.5 Å². The van der Waals surface area contributed by atoms with E-state index in [1.54, 1.807) is 24.3 Å². The highest BCUT2D eigenvalue weighted by Gasteiger charge is 2.14. The summed E-state index contributed by atoms with van der Waals surface area (Å²) in [5.74, 6) is 0.0883. The SMILES string of the molecule is COc1cc(/C=N\NC(=O)c2ccc(-c3csc(Nc4ccc(Cl)cc4)n3)cc2)cc(Br)c1OCC(=O)Nc1ccc(C)c(C)c1. The summed E-state index contributed by atoms with van der Waals surface area (Å²) in [6.07, 6.45) is 1.49. The number of amides is 2. The second-order valence-corrected chi connectivity index (χ2v) is 12.3. The van der Waals surface area contributed by atoms with Crippen LogP contribution in [0.1, 0.15) is 27.0 Å². The number of rotatable bonds is 11. The van der Waals surface area contributed by atoms with E-state index in [0.717, 1.165) is 33.2 Å². The van der Waals surface area contributed by atoms with Crippen molar-refractivity contribution in [3.05, 3.63) is 116 Å². The first-order valence-electron chi connectivity index (χ1n) is 14.0. The van der Waals surface area contributed by atoms with Crippen molar-refractivity contribution < 1.29 is 19.1 Å². The van der Waals surface area contributed by atoms with Crippen molar-refractivity contribution in [2.24, 2.45) is 5.10 Å². The van der Waals surface area contributed by atoms with Crippen LogP contribution in [0.4, 0.5) is 16.5 Å². The maximum Gasteiger partial charge on any atom is 0.271 e. The molecule has 2 amide bonds. The number of carbonyl (C=O) groups excluding carboxylic acids is 2. The van der Waals surface area contributed by atoms with Crippen molar-refractivity contribution in [3.8, 4) is 22.8 Å². The molecule has 1 aromatic heterocycles. The van der Waals surface area contributed by atoms with Crippen LogP contribution in [0, 0.1) is 13.8 Å². The maximum absolute atomic E-state index is 12.7. The van der Waals surface area contributed by atoms with Gasteiger partial charge in [0.25, 0.3) is 11.8 Å². The Kier molecular flexibility index (Phi) is 10.7. The number of aromatic nitrogens is 1. The monoisotopic (exact) mass is 717 g/mol. The summed E-state index contributed by atoms with van der Waals surface area (Å²) in [6.45, 7) is 3.78. The largest absolute Gasteiger partial charge is 0.493 e. The standard InChI is InChI=1S/C34H29BrClN5O4S/c1-20-4-11-27(14-21(20)2)38-31(42)18-45-32-28(35)15-22(16-30(32)44-3)17-37-41-33(43)24-7-5-23(6-8-24)29-19-46-34(40-29)39-26-12-9-25(36)10-13-26/h4-17,19H,18H2,1-3H3,(H,38,42)(H,39,40)(H,41,43)/b37-17-. The zero-order valence-corrected chi connectivity index (χ0v) is 28.2. The maximum atomic E-state index is 12.7. The van der Waals surface area contributed by atoms with E-state index < -0.39 is 0 Å². The van der Waals surface area contributed by atoms with E-state index in [0.29, 0.717) is 37.8 Å². The van der Waals surface area contributed by atoms with Gasteiger partial charge in [-0.05, 0) is 107 Å². The number of halogens is 2. The number of nitrogens with one attached hydrogen (secondary N) is 3. The van der Waals surface area contributed by atoms with Gasteiger partial charge in [-0.15, -0.1) is 11.3 Å². The summed E-state index contributed by atoms with van der Waals surface area (Å²) in [6, 6.07) is 23.6. The lowest BCUT2D eigenvalue weighted by Gasteiger charge is -2.14. The summed E-state index contributed by atoms with van der Waals surface area (Å²) in [5.41, 5.74) is 9.11. The van der Waals surface area contributed by atoms with Gasteiger partial charge in [0.1, 0.15) is 0 Å². The molecule has 234 valence electrons. The molecule has 0 spiro atoms. The molecule has 46 heavy (non-hydrogen) atoms. The number of hydrazone groups is 1. The summed E-state index contributed by atoms with van der Waals surface area (Å²) >= 11 is 10.9. The van der Waals surface area contributed by atoms with Crippen molar-refractivity contribution in [3.63, 3.8) is 0 Å². The molecule has 9 nitrogen and oxygen atoms in total. The fourth-order valence-corrected chi connectivity index (χ4v) is 5.69. The van der Waals surface area contributed by atoms with Crippen LogP contribution in [0.25, 0.3) is 11.3 Å². The van der Waals surface area contributed by atoms with Crippen LogP contribution in [0.5, 0.6) is 11.5 Å². The van der Waals surface area contributed by atoms with E-state index in [-0.39, 0.29) is 18.4 Å². The minimum absolute atomic E-state index is 0.214. The quantitative estimate of drug-likeness (QED) is 0.0935. The number of nitrogens with zero attached hydrogens (tertiary/aromatic N) is 2. The molecule has 0 unspecified atom stereocenters. The Labute approximate surface area is 283 Å². The number of carbonyl (C=O) groups is 2. The predicted octanol–water partition coefficient (Wildman–Crippen LogP) is 8.38. The molecule has 5 rings (SSSR count). The molecular formula is C34H29BrClN5O4S. The van der Waals surface area contributed by atoms with Crippen LogP contribution < -0.4 is 25.5 Å². The average Bonchev–Trinajstić information content (AvgIpc) is 3.51. The lowest BCUT2D eigenvalue weighted by atomic mass is 10.1. The van der Waals surface area contributed by atoms with Gasteiger partial charge in [0.15, 0.2) is 23.2 Å². The van der Waals surface area contributed by atoms with Gasteiger partial charge in [0.2, 0.25) is 0 Å². The molecular weight excluding hydrogens is 690 g/mol. The lowest BCUT2D eigenvalue weighted by molar-refractivity contribution is -0.118. The Morgan fingerprint density at radius 1 is 0.978 bits per heavy atom. The van der Waals surface area contributed by atoms with Crippen molar-refractivity contribution in [2.75, 3.05) is 24.4 Å². The minimum Gasteiger partial charge on any atom is -0.493 e. The lowest BCUT2D eigenvalue weighted by Crippen LogP contribution is -2.20. The van der Waals surface area contributed by atoms with E-state index in [1.807, 2.05) is 73.8 Å². The van der Waals surface area contributed by atoms with Crippen LogP contribution in [0.3, 0.4) is 0 Å². The van der Waals surface area contributed by atoms with Gasteiger partial charge in [-0.3, -0.25) is 9.59 Å². The van der Waals surface area contributed by atoms with Crippen LogP contribution in [0.15, 0.2) is 93.8 Å². The van der Waals surface area contributed by atoms with Gasteiger partial charge in [-0.2, -0.15) is 5.10 Å². The second-order valence-electron chi connectivity index (χ2n) is 10.1. The summed E-state index contributed by atoms with van der Waals surface area (Å²) in [5, 5.41) is 13.5.